The summed E-state index contributed by atoms with van der Waals surface area (Å²) in [5, 5.41) is 2.91. The molecule has 0 unspecified atom stereocenters. The van der Waals surface area contributed by atoms with Crippen LogP contribution in [0.1, 0.15) is 34.3 Å². The summed E-state index contributed by atoms with van der Waals surface area (Å²) in [4.78, 5) is 26.3. The first-order chi connectivity index (χ1) is 14.6. The second-order valence-corrected chi connectivity index (χ2v) is 7.51. The Balaban J connectivity index is 1.38. The lowest BCUT2D eigenvalue weighted by atomic mass is 10.1. The molecule has 1 heterocycles. The first-order valence-electron chi connectivity index (χ1n) is 10.1. The Morgan fingerprint density at radius 3 is 2.37 bits per heavy atom. The average Bonchev–Trinajstić information content (AvgIpc) is 3.16. The predicted molar refractivity (Wildman–Crippen MR) is 117 cm³/mol. The van der Waals surface area contributed by atoms with Crippen molar-refractivity contribution in [2.24, 2.45) is 0 Å². The van der Waals surface area contributed by atoms with E-state index < -0.39 is 0 Å². The minimum absolute atomic E-state index is 0.179. The first kappa shape index (κ1) is 19.7. The molecule has 0 spiro atoms. The zero-order valence-electron chi connectivity index (χ0n) is 16.9. The van der Waals surface area contributed by atoms with Gasteiger partial charge in [0.25, 0.3) is 5.91 Å². The summed E-state index contributed by atoms with van der Waals surface area (Å²) in [5.74, 6) is 1.47. The van der Waals surface area contributed by atoms with Crippen LogP contribution in [0.25, 0.3) is 0 Å². The Hall–Kier alpha value is -3.60. The number of carbonyl (C=O) groups is 2. The van der Waals surface area contributed by atoms with Crippen LogP contribution in [0.3, 0.4) is 0 Å². The van der Waals surface area contributed by atoms with E-state index in [1.54, 1.807) is 6.07 Å². The molecule has 1 N–H and O–H groups in total. The van der Waals surface area contributed by atoms with Crippen molar-refractivity contribution in [1.29, 1.82) is 0 Å². The highest BCUT2D eigenvalue weighted by molar-refractivity contribution is 6.04. The maximum atomic E-state index is 12.7. The monoisotopic (exact) mass is 400 g/mol. The number of benzene rings is 3. The smallest absolute Gasteiger partial charge is 0.255 e. The lowest BCUT2D eigenvalue weighted by Gasteiger charge is -2.16. The second kappa shape index (κ2) is 8.82. The molecular formula is C25H24N2O3. The maximum absolute atomic E-state index is 12.7. The van der Waals surface area contributed by atoms with Crippen LogP contribution in [0.4, 0.5) is 5.69 Å². The molecule has 30 heavy (non-hydrogen) atoms. The summed E-state index contributed by atoms with van der Waals surface area (Å²) in [6.45, 7) is 3.36. The Morgan fingerprint density at radius 2 is 1.70 bits per heavy atom. The lowest BCUT2D eigenvalue weighted by Crippen LogP contribution is -2.24. The second-order valence-electron chi connectivity index (χ2n) is 7.51. The molecule has 0 aliphatic carbocycles. The van der Waals surface area contributed by atoms with Crippen molar-refractivity contribution >= 4 is 17.5 Å². The molecule has 152 valence electrons. The van der Waals surface area contributed by atoms with Gasteiger partial charge in [-0.15, -0.1) is 0 Å². The minimum atomic E-state index is -0.184. The maximum Gasteiger partial charge on any atom is 0.255 e. The van der Waals surface area contributed by atoms with Crippen LogP contribution in [0.15, 0.2) is 72.8 Å². The van der Waals surface area contributed by atoms with E-state index in [1.165, 1.54) is 5.56 Å². The molecule has 0 radical (unpaired) electrons. The summed E-state index contributed by atoms with van der Waals surface area (Å²) in [6, 6.07) is 22.5. The molecule has 0 aromatic heterocycles. The van der Waals surface area contributed by atoms with Gasteiger partial charge in [-0.3, -0.25) is 9.59 Å². The Morgan fingerprint density at radius 1 is 1.00 bits per heavy atom. The van der Waals surface area contributed by atoms with Gasteiger partial charge in [-0.2, -0.15) is 0 Å². The van der Waals surface area contributed by atoms with Gasteiger partial charge < -0.3 is 15.0 Å². The van der Waals surface area contributed by atoms with Gasteiger partial charge in [-0.1, -0.05) is 29.8 Å². The fourth-order valence-corrected chi connectivity index (χ4v) is 3.45. The van der Waals surface area contributed by atoms with Gasteiger partial charge in [-0.25, -0.2) is 0 Å². The summed E-state index contributed by atoms with van der Waals surface area (Å²) >= 11 is 0. The number of nitrogens with zero attached hydrogens (tertiary/aromatic N) is 1. The molecule has 1 saturated heterocycles. The third-order valence-corrected chi connectivity index (χ3v) is 5.10. The number of hydrogen-bond donors (Lipinski definition) is 1. The SMILES string of the molecule is Cc1ccc(Oc2ccc(NC(=O)c3cccc(CN4CCCC4=O)c3)cc2)cc1. The fraction of sp³-hybridized carbons (Fsp3) is 0.200. The van der Waals surface area contributed by atoms with Crippen LogP contribution in [0.2, 0.25) is 0 Å². The Bertz CT molecular complexity index is 1040. The van der Waals surface area contributed by atoms with Crippen molar-refractivity contribution in [1.82, 2.24) is 4.90 Å². The van der Waals surface area contributed by atoms with Crippen LogP contribution >= 0.6 is 0 Å². The molecule has 4 rings (SSSR count). The normalized spacial score (nSPS) is 13.4. The van der Waals surface area contributed by atoms with E-state index in [9.17, 15) is 9.59 Å². The van der Waals surface area contributed by atoms with E-state index >= 15 is 0 Å². The topological polar surface area (TPSA) is 58.6 Å². The molecular weight excluding hydrogens is 376 g/mol. The number of nitrogens with one attached hydrogen (secondary N) is 1. The van der Waals surface area contributed by atoms with Gasteiger partial charge in [0.15, 0.2) is 0 Å². The molecule has 2 amide bonds. The molecule has 0 bridgehead atoms. The largest absolute Gasteiger partial charge is 0.457 e. The van der Waals surface area contributed by atoms with Crippen LogP contribution in [0.5, 0.6) is 11.5 Å². The van der Waals surface area contributed by atoms with Crippen LogP contribution in [-0.2, 0) is 11.3 Å². The number of likely N-dealkylation sites (tertiary alicyclic amines) is 1. The van der Waals surface area contributed by atoms with Crippen LogP contribution in [-0.4, -0.2) is 23.3 Å². The number of aryl methyl sites for hydroxylation is 1. The molecule has 5 heteroatoms. The van der Waals surface area contributed by atoms with Gasteiger partial charge in [0.1, 0.15) is 11.5 Å². The predicted octanol–water partition coefficient (Wildman–Crippen LogP) is 5.16. The highest BCUT2D eigenvalue weighted by Crippen LogP contribution is 2.23. The zero-order chi connectivity index (χ0) is 20.9. The Kier molecular flexibility index (Phi) is 5.80. The zero-order valence-corrected chi connectivity index (χ0v) is 16.9. The van der Waals surface area contributed by atoms with Gasteiger partial charge in [0.05, 0.1) is 0 Å². The highest BCUT2D eigenvalue weighted by Gasteiger charge is 2.20. The average molecular weight is 400 g/mol. The van der Waals surface area contributed by atoms with Crippen molar-refractivity contribution < 1.29 is 14.3 Å². The first-order valence-corrected chi connectivity index (χ1v) is 10.1. The highest BCUT2D eigenvalue weighted by atomic mass is 16.5. The molecule has 1 fully saturated rings. The van der Waals surface area contributed by atoms with Crippen molar-refractivity contribution in [3.8, 4) is 11.5 Å². The standard InChI is InChI=1S/C25H24N2O3/c1-18-7-11-22(12-8-18)30-23-13-9-21(10-14-23)26-25(29)20-5-2-4-19(16-20)17-27-15-3-6-24(27)28/h2,4-5,7-14,16H,3,6,15,17H2,1H3,(H,26,29). The lowest BCUT2D eigenvalue weighted by molar-refractivity contribution is -0.128. The fourth-order valence-electron chi connectivity index (χ4n) is 3.45. The number of amides is 2. The minimum Gasteiger partial charge on any atom is -0.457 e. The van der Waals surface area contributed by atoms with E-state index in [0.717, 1.165) is 24.3 Å². The summed E-state index contributed by atoms with van der Waals surface area (Å²) in [7, 11) is 0. The molecule has 3 aromatic carbocycles. The molecule has 3 aromatic rings. The van der Waals surface area contributed by atoms with E-state index in [2.05, 4.69) is 5.32 Å². The molecule has 5 nitrogen and oxygen atoms in total. The number of carbonyl (C=O) groups excluding carboxylic acids is 2. The van der Waals surface area contributed by atoms with E-state index in [1.807, 2.05) is 78.6 Å². The third kappa shape index (κ3) is 4.87. The summed E-state index contributed by atoms with van der Waals surface area (Å²) in [6.07, 6.45) is 1.52. The molecule has 1 aliphatic rings. The third-order valence-electron chi connectivity index (χ3n) is 5.10. The molecule has 1 aliphatic heterocycles. The van der Waals surface area contributed by atoms with E-state index in [4.69, 9.17) is 4.74 Å². The summed E-state index contributed by atoms with van der Waals surface area (Å²) < 4.78 is 5.82. The van der Waals surface area contributed by atoms with E-state index in [-0.39, 0.29) is 11.8 Å². The van der Waals surface area contributed by atoms with E-state index in [0.29, 0.717) is 30.0 Å². The molecule has 0 saturated carbocycles. The van der Waals surface area contributed by atoms with Gasteiger partial charge in [-0.05, 0) is 67.4 Å². The summed E-state index contributed by atoms with van der Waals surface area (Å²) in [5.41, 5.74) is 3.40. The van der Waals surface area contributed by atoms with Crippen molar-refractivity contribution in [2.45, 2.75) is 26.3 Å². The number of ether oxygens (including phenoxy) is 1. The van der Waals surface area contributed by atoms with Crippen LogP contribution < -0.4 is 10.1 Å². The number of anilines is 1. The Labute approximate surface area is 176 Å². The van der Waals surface area contributed by atoms with Crippen molar-refractivity contribution in [3.63, 3.8) is 0 Å². The van der Waals surface area contributed by atoms with Crippen molar-refractivity contribution in [2.75, 3.05) is 11.9 Å². The number of rotatable bonds is 6. The van der Waals surface area contributed by atoms with Gasteiger partial charge >= 0.3 is 0 Å². The van der Waals surface area contributed by atoms with Crippen molar-refractivity contribution in [3.05, 3.63) is 89.5 Å². The quantitative estimate of drug-likeness (QED) is 0.622. The van der Waals surface area contributed by atoms with Gasteiger partial charge in [0.2, 0.25) is 5.91 Å². The van der Waals surface area contributed by atoms with Crippen LogP contribution in [0, 0.1) is 6.92 Å². The molecule has 0 atom stereocenters. The number of hydrogen-bond acceptors (Lipinski definition) is 3. The van der Waals surface area contributed by atoms with Gasteiger partial charge in [0, 0.05) is 30.8 Å².